The Hall–Kier alpha value is -1.11. The van der Waals surface area contributed by atoms with Crippen molar-refractivity contribution in [2.75, 3.05) is 20.3 Å². The zero-order valence-corrected chi connectivity index (χ0v) is 13.5. The van der Waals surface area contributed by atoms with Gasteiger partial charge in [0.25, 0.3) is 5.91 Å². The summed E-state index contributed by atoms with van der Waals surface area (Å²) in [5.74, 6) is -0.674. The molecule has 0 aromatic heterocycles. The number of carbonyl (C=O) groups excluding carboxylic acids is 2. The van der Waals surface area contributed by atoms with Crippen LogP contribution in [0.4, 0.5) is 0 Å². The molecule has 0 heterocycles. The van der Waals surface area contributed by atoms with Gasteiger partial charge in [-0.25, -0.2) is 0 Å². The third-order valence-corrected chi connectivity index (χ3v) is 3.34. The number of carbonyl (C=O) groups is 2. The fourth-order valence-corrected chi connectivity index (χ4v) is 2.01. The van der Waals surface area contributed by atoms with Crippen LogP contribution in [0, 0.1) is 0 Å². The summed E-state index contributed by atoms with van der Waals surface area (Å²) >= 11 is 9.23. The lowest BCUT2D eigenvalue weighted by Crippen LogP contribution is -2.45. The molecule has 5 nitrogen and oxygen atoms in total. The van der Waals surface area contributed by atoms with E-state index in [9.17, 15) is 9.59 Å². The van der Waals surface area contributed by atoms with Crippen LogP contribution in [0.2, 0.25) is 5.02 Å². The fourth-order valence-electron chi connectivity index (χ4n) is 1.44. The molecule has 2 N–H and O–H groups in total. The molecule has 1 unspecified atom stereocenters. The van der Waals surface area contributed by atoms with Gasteiger partial charge in [0.05, 0.1) is 17.2 Å². The summed E-state index contributed by atoms with van der Waals surface area (Å²) in [4.78, 5) is 23.8. The highest BCUT2D eigenvalue weighted by molar-refractivity contribution is 9.10. The van der Waals surface area contributed by atoms with Crippen LogP contribution in [0.25, 0.3) is 0 Å². The summed E-state index contributed by atoms with van der Waals surface area (Å²) in [6.07, 6.45) is 0. The Balaban J connectivity index is 2.61. The predicted octanol–water partition coefficient (Wildman–Crippen LogP) is 1.98. The Morgan fingerprint density at radius 2 is 2.15 bits per heavy atom. The Kier molecular flexibility index (Phi) is 6.98. The molecule has 0 saturated carbocycles. The topological polar surface area (TPSA) is 67.4 Å². The summed E-state index contributed by atoms with van der Waals surface area (Å²) in [5.41, 5.74) is 0.317. The van der Waals surface area contributed by atoms with Crippen molar-refractivity contribution in [3.63, 3.8) is 0 Å². The van der Waals surface area contributed by atoms with Gasteiger partial charge in [0.15, 0.2) is 0 Å². The van der Waals surface area contributed by atoms with Gasteiger partial charge in [0.1, 0.15) is 6.04 Å². The monoisotopic (exact) mass is 362 g/mol. The minimum atomic E-state index is -0.658. The molecule has 110 valence electrons. The molecular weight excluding hydrogens is 348 g/mol. The summed E-state index contributed by atoms with van der Waals surface area (Å²) in [7, 11) is 1.55. The summed E-state index contributed by atoms with van der Waals surface area (Å²) in [6.45, 7) is 2.42. The fraction of sp³-hybridized carbons (Fsp3) is 0.385. The van der Waals surface area contributed by atoms with Gasteiger partial charge in [-0.05, 0) is 25.1 Å². The van der Waals surface area contributed by atoms with Crippen molar-refractivity contribution < 1.29 is 14.3 Å². The molecule has 0 spiro atoms. The van der Waals surface area contributed by atoms with Crippen LogP contribution in [0.3, 0.4) is 0 Å². The molecule has 0 saturated heterocycles. The number of methoxy groups -OCH3 is 1. The quantitative estimate of drug-likeness (QED) is 0.760. The number of hydrogen-bond donors (Lipinski definition) is 2. The van der Waals surface area contributed by atoms with Crippen molar-refractivity contribution in [1.29, 1.82) is 0 Å². The van der Waals surface area contributed by atoms with Gasteiger partial charge in [-0.1, -0.05) is 27.5 Å². The number of amides is 2. The first kappa shape index (κ1) is 16.9. The van der Waals surface area contributed by atoms with Crippen LogP contribution in [0.1, 0.15) is 17.3 Å². The van der Waals surface area contributed by atoms with Crippen LogP contribution >= 0.6 is 27.5 Å². The molecule has 2 amide bonds. The Labute approximate surface area is 131 Å². The number of ether oxygens (including phenoxy) is 1. The maximum Gasteiger partial charge on any atom is 0.253 e. The highest BCUT2D eigenvalue weighted by atomic mass is 79.9. The van der Waals surface area contributed by atoms with E-state index in [1.54, 1.807) is 32.2 Å². The minimum absolute atomic E-state index is 0.276. The number of benzene rings is 1. The number of nitrogens with one attached hydrogen (secondary N) is 2. The average molecular weight is 364 g/mol. The van der Waals surface area contributed by atoms with Crippen molar-refractivity contribution in [3.8, 4) is 0 Å². The van der Waals surface area contributed by atoms with Crippen molar-refractivity contribution in [1.82, 2.24) is 10.6 Å². The summed E-state index contributed by atoms with van der Waals surface area (Å²) in [5, 5.41) is 5.57. The van der Waals surface area contributed by atoms with E-state index in [0.717, 1.165) is 4.47 Å². The Morgan fingerprint density at radius 1 is 1.45 bits per heavy atom. The number of hydrogen-bond acceptors (Lipinski definition) is 3. The first-order valence-electron chi connectivity index (χ1n) is 5.98. The summed E-state index contributed by atoms with van der Waals surface area (Å²) < 4.78 is 5.57. The maximum absolute atomic E-state index is 12.0. The molecule has 0 fully saturated rings. The van der Waals surface area contributed by atoms with E-state index < -0.39 is 11.9 Å². The minimum Gasteiger partial charge on any atom is -0.383 e. The van der Waals surface area contributed by atoms with E-state index in [1.807, 2.05) is 0 Å². The van der Waals surface area contributed by atoms with Gasteiger partial charge in [-0.2, -0.15) is 0 Å². The first-order chi connectivity index (χ1) is 9.45. The third kappa shape index (κ3) is 5.11. The normalized spacial score (nSPS) is 11.8. The second-order valence-corrected chi connectivity index (χ2v) is 5.43. The smallest absolute Gasteiger partial charge is 0.253 e. The van der Waals surface area contributed by atoms with Gasteiger partial charge in [0, 0.05) is 18.1 Å². The van der Waals surface area contributed by atoms with Crippen LogP contribution in [0.5, 0.6) is 0 Å². The molecule has 1 aromatic carbocycles. The molecule has 0 aliphatic rings. The van der Waals surface area contributed by atoms with Crippen LogP contribution < -0.4 is 10.6 Å². The Morgan fingerprint density at radius 3 is 2.80 bits per heavy atom. The van der Waals surface area contributed by atoms with E-state index >= 15 is 0 Å². The molecular formula is C13H16BrClN2O3. The highest BCUT2D eigenvalue weighted by Gasteiger charge is 2.18. The van der Waals surface area contributed by atoms with Gasteiger partial charge in [-0.15, -0.1) is 0 Å². The van der Waals surface area contributed by atoms with E-state index in [0.29, 0.717) is 23.7 Å². The largest absolute Gasteiger partial charge is 0.383 e. The van der Waals surface area contributed by atoms with E-state index in [4.69, 9.17) is 16.3 Å². The Bertz CT molecular complexity index is 497. The standard InChI is InChI=1S/C13H16BrClN2O3/c1-8(12(18)16-5-6-20-2)17-13(19)10-7-9(14)3-4-11(10)15/h3-4,7-8H,5-6H2,1-2H3,(H,16,18)(H,17,19). The molecule has 0 aliphatic carbocycles. The van der Waals surface area contributed by atoms with Gasteiger partial charge < -0.3 is 15.4 Å². The lowest BCUT2D eigenvalue weighted by molar-refractivity contribution is -0.122. The number of rotatable bonds is 6. The lowest BCUT2D eigenvalue weighted by atomic mass is 10.2. The lowest BCUT2D eigenvalue weighted by Gasteiger charge is -2.14. The van der Waals surface area contributed by atoms with E-state index in [1.165, 1.54) is 0 Å². The molecule has 0 aliphatic heterocycles. The highest BCUT2D eigenvalue weighted by Crippen LogP contribution is 2.20. The van der Waals surface area contributed by atoms with Gasteiger partial charge in [-0.3, -0.25) is 9.59 Å². The molecule has 1 aromatic rings. The van der Waals surface area contributed by atoms with Crippen molar-refractivity contribution in [3.05, 3.63) is 33.3 Å². The van der Waals surface area contributed by atoms with Gasteiger partial charge >= 0.3 is 0 Å². The molecule has 0 radical (unpaired) electrons. The SMILES string of the molecule is COCCNC(=O)C(C)NC(=O)c1cc(Br)ccc1Cl. The van der Waals surface area contributed by atoms with Crippen LogP contribution in [-0.4, -0.2) is 38.1 Å². The second-order valence-electron chi connectivity index (χ2n) is 4.10. The average Bonchev–Trinajstić information content (AvgIpc) is 2.41. The third-order valence-electron chi connectivity index (χ3n) is 2.52. The van der Waals surface area contributed by atoms with Crippen LogP contribution in [-0.2, 0) is 9.53 Å². The van der Waals surface area contributed by atoms with Crippen molar-refractivity contribution >= 4 is 39.3 Å². The zero-order valence-electron chi connectivity index (χ0n) is 11.2. The predicted molar refractivity (Wildman–Crippen MR) is 81.0 cm³/mol. The van der Waals surface area contributed by atoms with Crippen molar-refractivity contribution in [2.24, 2.45) is 0 Å². The van der Waals surface area contributed by atoms with Crippen LogP contribution in [0.15, 0.2) is 22.7 Å². The second kappa shape index (κ2) is 8.24. The van der Waals surface area contributed by atoms with Gasteiger partial charge in [0.2, 0.25) is 5.91 Å². The molecule has 1 rings (SSSR count). The number of halogens is 2. The summed E-state index contributed by atoms with van der Waals surface area (Å²) in [6, 6.07) is 4.30. The zero-order chi connectivity index (χ0) is 15.1. The van der Waals surface area contributed by atoms with E-state index in [2.05, 4.69) is 26.6 Å². The molecule has 0 bridgehead atoms. The molecule has 20 heavy (non-hydrogen) atoms. The van der Waals surface area contributed by atoms with E-state index in [-0.39, 0.29) is 5.91 Å². The molecule has 7 heteroatoms. The maximum atomic E-state index is 12.0. The van der Waals surface area contributed by atoms with Crippen molar-refractivity contribution in [2.45, 2.75) is 13.0 Å². The first-order valence-corrected chi connectivity index (χ1v) is 7.15. The molecule has 1 atom stereocenters.